The molecule has 0 saturated heterocycles. The fourth-order valence-electron chi connectivity index (χ4n) is 3.22. The molecule has 1 aliphatic rings. The fraction of sp³-hybridized carbons (Fsp3) is 0.350. The molecule has 0 atom stereocenters. The Bertz CT molecular complexity index is 960. The fourth-order valence-corrected chi connectivity index (χ4v) is 4.42. The Kier molecular flexibility index (Phi) is 6.08. The quantitative estimate of drug-likeness (QED) is 0.767. The molecule has 0 saturated carbocycles. The summed E-state index contributed by atoms with van der Waals surface area (Å²) in [7, 11) is -3.30. The van der Waals surface area contributed by atoms with Gasteiger partial charge in [-0.2, -0.15) is 0 Å². The van der Waals surface area contributed by atoms with Crippen molar-refractivity contribution in [1.29, 1.82) is 0 Å². The highest BCUT2D eigenvalue weighted by Gasteiger charge is 2.26. The average molecular weight is 404 g/mol. The minimum Gasteiger partial charge on any atom is -0.492 e. The predicted molar refractivity (Wildman–Crippen MR) is 112 cm³/mol. The topological polar surface area (TPSA) is 87.7 Å². The predicted octanol–water partition coefficient (Wildman–Crippen LogP) is 3.83. The second-order valence-electron chi connectivity index (χ2n) is 6.43. The molecule has 0 aliphatic carbocycles. The van der Waals surface area contributed by atoms with Crippen LogP contribution in [-0.4, -0.2) is 33.4 Å². The molecule has 0 fully saturated rings. The maximum Gasteiger partial charge on any atom is 0.323 e. The maximum atomic E-state index is 12.4. The van der Waals surface area contributed by atoms with E-state index in [1.165, 1.54) is 4.31 Å². The number of anilines is 3. The van der Waals surface area contributed by atoms with E-state index in [4.69, 9.17) is 4.74 Å². The molecule has 0 spiro atoms. The van der Waals surface area contributed by atoms with Crippen LogP contribution in [0.15, 0.2) is 42.5 Å². The molecule has 7 nitrogen and oxygen atoms in total. The first kappa shape index (κ1) is 20.0. The number of para-hydroxylation sites is 2. The van der Waals surface area contributed by atoms with Gasteiger partial charge >= 0.3 is 6.03 Å². The van der Waals surface area contributed by atoms with E-state index in [-0.39, 0.29) is 11.8 Å². The minimum atomic E-state index is -3.30. The van der Waals surface area contributed by atoms with Crippen LogP contribution in [0, 0.1) is 0 Å². The molecule has 0 aromatic heterocycles. The normalized spacial score (nSPS) is 13.6. The van der Waals surface area contributed by atoms with E-state index in [9.17, 15) is 13.2 Å². The zero-order valence-corrected chi connectivity index (χ0v) is 16.9. The number of sulfonamides is 1. The van der Waals surface area contributed by atoms with Crippen LogP contribution in [0.4, 0.5) is 21.9 Å². The number of ether oxygens (including phenoxy) is 1. The molecule has 1 heterocycles. The molecule has 0 bridgehead atoms. The van der Waals surface area contributed by atoms with Gasteiger partial charge in [0, 0.05) is 12.2 Å². The number of hydrogen-bond donors (Lipinski definition) is 2. The molecule has 1 aliphatic heterocycles. The first-order valence-electron chi connectivity index (χ1n) is 9.37. The first-order valence-corrected chi connectivity index (χ1v) is 11.0. The number of hydrogen-bond acceptors (Lipinski definition) is 4. The van der Waals surface area contributed by atoms with Crippen LogP contribution in [0.25, 0.3) is 0 Å². The summed E-state index contributed by atoms with van der Waals surface area (Å²) in [5.74, 6) is 0.666. The maximum absolute atomic E-state index is 12.4. The molecule has 2 amide bonds. The Morgan fingerprint density at radius 2 is 1.93 bits per heavy atom. The van der Waals surface area contributed by atoms with E-state index < -0.39 is 10.0 Å². The van der Waals surface area contributed by atoms with Crippen LogP contribution in [0.2, 0.25) is 0 Å². The smallest absolute Gasteiger partial charge is 0.323 e. The van der Waals surface area contributed by atoms with Crippen molar-refractivity contribution in [3.63, 3.8) is 0 Å². The van der Waals surface area contributed by atoms with Gasteiger partial charge in [-0.25, -0.2) is 13.2 Å². The molecule has 2 aromatic rings. The van der Waals surface area contributed by atoms with E-state index in [1.54, 1.807) is 31.2 Å². The summed E-state index contributed by atoms with van der Waals surface area (Å²) in [6.07, 6.45) is 1.53. The van der Waals surface area contributed by atoms with Crippen LogP contribution in [0.5, 0.6) is 5.75 Å². The number of carbonyl (C=O) groups excluding carboxylic acids is 1. The number of urea groups is 1. The Morgan fingerprint density at radius 3 is 2.68 bits per heavy atom. The van der Waals surface area contributed by atoms with Gasteiger partial charge in [-0.15, -0.1) is 0 Å². The molecule has 2 N–H and O–H groups in total. The number of aryl methyl sites for hydroxylation is 1. The van der Waals surface area contributed by atoms with Gasteiger partial charge in [0.2, 0.25) is 10.0 Å². The molecule has 8 heteroatoms. The summed E-state index contributed by atoms with van der Waals surface area (Å²) < 4.78 is 31.6. The van der Waals surface area contributed by atoms with Crippen LogP contribution >= 0.6 is 0 Å². The number of nitrogens with one attached hydrogen (secondary N) is 2. The third-order valence-corrected chi connectivity index (χ3v) is 6.33. The monoisotopic (exact) mass is 403 g/mol. The number of fused-ring (bicyclic) bond motifs is 1. The third kappa shape index (κ3) is 4.39. The van der Waals surface area contributed by atoms with Gasteiger partial charge in [0.15, 0.2) is 0 Å². The van der Waals surface area contributed by atoms with Crippen LogP contribution in [-0.2, 0) is 16.4 Å². The van der Waals surface area contributed by atoms with E-state index in [0.29, 0.717) is 36.0 Å². The van der Waals surface area contributed by atoms with Gasteiger partial charge in [0.25, 0.3) is 0 Å². The summed E-state index contributed by atoms with van der Waals surface area (Å²) >= 11 is 0. The zero-order chi connectivity index (χ0) is 20.1. The van der Waals surface area contributed by atoms with Gasteiger partial charge in [-0.05, 0) is 62.6 Å². The lowest BCUT2D eigenvalue weighted by Crippen LogP contribution is -2.36. The number of amides is 2. The Labute approximate surface area is 165 Å². The number of rotatable bonds is 6. The second-order valence-corrected chi connectivity index (χ2v) is 8.61. The summed E-state index contributed by atoms with van der Waals surface area (Å²) in [4.78, 5) is 12.4. The van der Waals surface area contributed by atoms with Crippen molar-refractivity contribution in [1.82, 2.24) is 0 Å². The van der Waals surface area contributed by atoms with Crippen LogP contribution in [0.3, 0.4) is 0 Å². The van der Waals surface area contributed by atoms with Crippen LogP contribution in [0.1, 0.15) is 25.8 Å². The largest absolute Gasteiger partial charge is 0.492 e. The Hall–Kier alpha value is -2.74. The molecule has 0 radical (unpaired) electrons. The molecule has 0 unspecified atom stereocenters. The summed E-state index contributed by atoms with van der Waals surface area (Å²) in [5.41, 5.74) is 2.80. The molecule has 2 aromatic carbocycles. The number of carbonyl (C=O) groups is 1. The summed E-state index contributed by atoms with van der Waals surface area (Å²) in [6, 6.07) is 12.1. The molecule has 150 valence electrons. The highest BCUT2D eigenvalue weighted by Crippen LogP contribution is 2.32. The minimum absolute atomic E-state index is 0.0636. The van der Waals surface area contributed by atoms with E-state index in [2.05, 4.69) is 10.6 Å². The Balaban J connectivity index is 1.75. The summed E-state index contributed by atoms with van der Waals surface area (Å²) in [6.45, 7) is 4.52. The Morgan fingerprint density at radius 1 is 1.14 bits per heavy atom. The molecule has 3 rings (SSSR count). The number of benzene rings is 2. The van der Waals surface area contributed by atoms with Gasteiger partial charge in [0.1, 0.15) is 5.75 Å². The highest BCUT2D eigenvalue weighted by molar-refractivity contribution is 7.92. The summed E-state index contributed by atoms with van der Waals surface area (Å²) in [5, 5.41) is 5.59. The first-order chi connectivity index (χ1) is 13.4. The van der Waals surface area contributed by atoms with Gasteiger partial charge in [-0.1, -0.05) is 12.1 Å². The van der Waals surface area contributed by atoms with Crippen molar-refractivity contribution < 1.29 is 17.9 Å². The zero-order valence-electron chi connectivity index (χ0n) is 16.1. The SMILES string of the molecule is CCOc1ccccc1NC(=O)Nc1ccc2c(c1)CCCN2S(=O)(=O)CC. The van der Waals surface area contributed by atoms with Crippen molar-refractivity contribution in [2.75, 3.05) is 33.8 Å². The van der Waals surface area contributed by atoms with Crippen molar-refractivity contribution in [3.8, 4) is 5.75 Å². The molecular formula is C20H25N3O4S. The van der Waals surface area contributed by atoms with E-state index in [0.717, 1.165) is 18.4 Å². The van der Waals surface area contributed by atoms with Gasteiger partial charge in [0.05, 0.1) is 23.7 Å². The van der Waals surface area contributed by atoms with E-state index >= 15 is 0 Å². The average Bonchev–Trinajstić information content (AvgIpc) is 2.69. The van der Waals surface area contributed by atoms with Crippen molar-refractivity contribution in [3.05, 3.63) is 48.0 Å². The van der Waals surface area contributed by atoms with Crippen molar-refractivity contribution >= 4 is 33.1 Å². The molecular weight excluding hydrogens is 378 g/mol. The number of nitrogens with zero attached hydrogens (tertiary/aromatic N) is 1. The van der Waals surface area contributed by atoms with Crippen LogP contribution < -0.4 is 19.7 Å². The van der Waals surface area contributed by atoms with Crippen molar-refractivity contribution in [2.24, 2.45) is 0 Å². The van der Waals surface area contributed by atoms with Gasteiger partial charge < -0.3 is 15.4 Å². The molecule has 28 heavy (non-hydrogen) atoms. The lowest BCUT2D eigenvalue weighted by molar-refractivity contribution is 0.262. The standard InChI is InChI=1S/C20H25N3O4S/c1-3-27-19-10-6-5-9-17(19)22-20(24)21-16-11-12-18-15(14-16)8-7-13-23(18)28(25,26)4-2/h5-6,9-12,14H,3-4,7-8,13H2,1-2H3,(H2,21,22,24). The third-order valence-electron chi connectivity index (χ3n) is 4.55. The van der Waals surface area contributed by atoms with Gasteiger partial charge in [-0.3, -0.25) is 4.31 Å². The lowest BCUT2D eigenvalue weighted by atomic mass is 10.0. The second kappa shape index (κ2) is 8.52. The highest BCUT2D eigenvalue weighted by atomic mass is 32.2. The lowest BCUT2D eigenvalue weighted by Gasteiger charge is -2.30. The van der Waals surface area contributed by atoms with Crippen molar-refractivity contribution in [2.45, 2.75) is 26.7 Å². The van der Waals surface area contributed by atoms with E-state index in [1.807, 2.05) is 25.1 Å².